The van der Waals surface area contributed by atoms with Crippen LogP contribution >= 0.6 is 0 Å². The zero-order chi connectivity index (χ0) is 26.0. The van der Waals surface area contributed by atoms with Crippen LogP contribution in [-0.2, 0) is 23.1 Å². The lowest BCUT2D eigenvalue weighted by atomic mass is 9.96. The predicted molar refractivity (Wildman–Crippen MR) is 135 cm³/mol. The number of fused-ring (bicyclic) bond motifs is 1. The summed E-state index contributed by atoms with van der Waals surface area (Å²) in [4.78, 5) is 13.4. The number of rotatable bonds is 7. The molecule has 0 saturated heterocycles. The fourth-order valence-corrected chi connectivity index (χ4v) is 6.61. The van der Waals surface area contributed by atoms with Crippen LogP contribution in [0.3, 0.4) is 0 Å². The van der Waals surface area contributed by atoms with Gasteiger partial charge in [-0.1, -0.05) is 43.9 Å². The van der Waals surface area contributed by atoms with Crippen molar-refractivity contribution < 1.29 is 21.6 Å². The Morgan fingerprint density at radius 2 is 1.84 bits per heavy atom. The Morgan fingerprint density at radius 1 is 1.03 bits per heavy atom. The predicted octanol–water partition coefficient (Wildman–Crippen LogP) is 5.48. The number of nitrogens with zero attached hydrogens (tertiary/aromatic N) is 4. The Morgan fingerprint density at radius 3 is 2.51 bits per heavy atom. The summed E-state index contributed by atoms with van der Waals surface area (Å²) in [5, 5.41) is 0. The second kappa shape index (κ2) is 10.4. The van der Waals surface area contributed by atoms with Crippen LogP contribution in [-0.4, -0.2) is 45.8 Å². The van der Waals surface area contributed by atoms with Gasteiger partial charge in [-0.25, -0.2) is 13.4 Å². The molecule has 11 heteroatoms. The fourth-order valence-electron chi connectivity index (χ4n) is 5.65. The van der Waals surface area contributed by atoms with Gasteiger partial charge in [-0.15, -0.1) is 0 Å². The molecule has 0 spiro atoms. The van der Waals surface area contributed by atoms with E-state index in [1.54, 1.807) is 31.0 Å². The van der Waals surface area contributed by atoms with E-state index < -0.39 is 21.6 Å². The monoisotopic (exact) mass is 533 g/mol. The lowest BCUT2D eigenvalue weighted by molar-refractivity contribution is -0.0492. The number of hydrogen-bond acceptors (Lipinski definition) is 5. The number of aromatic nitrogens is 3. The van der Waals surface area contributed by atoms with Gasteiger partial charge in [-0.3, -0.25) is 4.98 Å². The number of halogens is 3. The summed E-state index contributed by atoms with van der Waals surface area (Å²) < 4.78 is 67.8. The highest BCUT2D eigenvalue weighted by molar-refractivity contribution is 7.89. The maximum Gasteiger partial charge on any atom is 0.511 e. The zero-order valence-electron chi connectivity index (χ0n) is 20.4. The van der Waals surface area contributed by atoms with Gasteiger partial charge in [0.2, 0.25) is 0 Å². The van der Waals surface area contributed by atoms with Gasteiger partial charge in [0.15, 0.2) is 0 Å². The molecule has 198 valence electrons. The molecule has 2 aromatic heterocycles. The van der Waals surface area contributed by atoms with E-state index in [0.29, 0.717) is 34.3 Å². The molecule has 0 radical (unpaired) electrons. The molecule has 1 N–H and O–H groups in total. The highest BCUT2D eigenvalue weighted by atomic mass is 32.2. The average Bonchev–Trinajstić information content (AvgIpc) is 3.56. The maximum absolute atomic E-state index is 13.8. The minimum atomic E-state index is -5.55. The van der Waals surface area contributed by atoms with Crippen LogP contribution in [0.5, 0.6) is 0 Å². The molecular weight excluding hydrogens is 503 g/mol. The van der Waals surface area contributed by atoms with Crippen molar-refractivity contribution in [2.75, 3.05) is 11.4 Å². The van der Waals surface area contributed by atoms with Gasteiger partial charge in [-0.2, -0.15) is 17.5 Å². The van der Waals surface area contributed by atoms with Crippen LogP contribution in [0.1, 0.15) is 49.8 Å². The van der Waals surface area contributed by atoms with Crippen molar-refractivity contribution in [3.05, 3.63) is 66.5 Å². The summed E-state index contributed by atoms with van der Waals surface area (Å²) in [5.74, 6) is 0.520. The molecule has 1 saturated carbocycles. The van der Waals surface area contributed by atoms with Gasteiger partial charge in [0.05, 0.1) is 18.6 Å². The van der Waals surface area contributed by atoms with E-state index in [9.17, 15) is 21.6 Å². The average molecular weight is 534 g/mol. The minimum absolute atomic E-state index is 0.246. The molecule has 1 aromatic carbocycles. The fraction of sp³-hybridized carbons (Fsp3) is 0.462. The lowest BCUT2D eigenvalue weighted by Crippen LogP contribution is -2.47. The SMILES string of the molecule is O=S(=O)(N1Cc2c(-c3cccnc3)cccc2N(Cc2cnc[nH]2)[C@@H](CCC2CCCC2)C1)C(F)(F)F. The van der Waals surface area contributed by atoms with Crippen molar-refractivity contribution in [2.45, 2.75) is 63.2 Å². The highest BCUT2D eigenvalue weighted by Crippen LogP contribution is 2.40. The third-order valence-electron chi connectivity index (χ3n) is 7.53. The number of imidazole rings is 1. The maximum atomic E-state index is 13.8. The molecule has 0 amide bonds. The van der Waals surface area contributed by atoms with Gasteiger partial charge >= 0.3 is 15.5 Å². The number of pyridine rings is 1. The van der Waals surface area contributed by atoms with Crippen molar-refractivity contribution in [1.82, 2.24) is 19.3 Å². The number of aromatic amines is 1. The van der Waals surface area contributed by atoms with Crippen LogP contribution in [0.2, 0.25) is 0 Å². The van der Waals surface area contributed by atoms with Crippen LogP contribution in [0, 0.1) is 5.92 Å². The Labute approximate surface area is 214 Å². The topological polar surface area (TPSA) is 82.2 Å². The first kappa shape index (κ1) is 25.7. The summed E-state index contributed by atoms with van der Waals surface area (Å²) in [6.45, 7) is -0.246. The van der Waals surface area contributed by atoms with Crippen molar-refractivity contribution in [2.24, 2.45) is 5.92 Å². The number of H-pyrrole nitrogens is 1. The van der Waals surface area contributed by atoms with Crippen LogP contribution in [0.4, 0.5) is 18.9 Å². The van der Waals surface area contributed by atoms with E-state index in [1.807, 2.05) is 24.3 Å². The molecule has 5 rings (SSSR count). The number of alkyl halides is 3. The van der Waals surface area contributed by atoms with Crippen molar-refractivity contribution in [1.29, 1.82) is 0 Å². The van der Waals surface area contributed by atoms with E-state index >= 15 is 0 Å². The summed E-state index contributed by atoms with van der Waals surface area (Å²) in [7, 11) is -5.55. The van der Waals surface area contributed by atoms with E-state index in [2.05, 4.69) is 19.9 Å². The quantitative estimate of drug-likeness (QED) is 0.435. The Bertz CT molecular complexity index is 1290. The molecule has 1 fully saturated rings. The van der Waals surface area contributed by atoms with E-state index in [4.69, 9.17) is 0 Å². The molecule has 1 atom stereocenters. The highest BCUT2D eigenvalue weighted by Gasteiger charge is 2.51. The molecule has 7 nitrogen and oxygen atoms in total. The largest absolute Gasteiger partial charge is 0.511 e. The number of hydrogen-bond donors (Lipinski definition) is 1. The van der Waals surface area contributed by atoms with Gasteiger partial charge < -0.3 is 9.88 Å². The van der Waals surface area contributed by atoms with E-state index in [0.717, 1.165) is 36.2 Å². The molecular formula is C26H30F3N5O2S. The van der Waals surface area contributed by atoms with Gasteiger partial charge in [0, 0.05) is 49.0 Å². The number of benzene rings is 1. The summed E-state index contributed by atoms with van der Waals surface area (Å²) in [6, 6.07) is 8.68. The molecule has 3 heterocycles. The molecule has 1 aliphatic heterocycles. The van der Waals surface area contributed by atoms with Gasteiger partial charge in [-0.05, 0) is 42.0 Å². The van der Waals surface area contributed by atoms with E-state index in [1.165, 1.54) is 12.8 Å². The van der Waals surface area contributed by atoms with Crippen LogP contribution in [0.25, 0.3) is 11.1 Å². The lowest BCUT2D eigenvalue weighted by Gasteiger charge is -2.34. The number of nitrogens with one attached hydrogen (secondary N) is 1. The van der Waals surface area contributed by atoms with Crippen LogP contribution < -0.4 is 4.90 Å². The first-order chi connectivity index (χ1) is 17.7. The molecule has 0 bridgehead atoms. The molecule has 1 aliphatic carbocycles. The third kappa shape index (κ3) is 5.38. The zero-order valence-corrected chi connectivity index (χ0v) is 21.2. The van der Waals surface area contributed by atoms with Crippen molar-refractivity contribution >= 4 is 15.7 Å². The second-order valence-electron chi connectivity index (χ2n) is 9.87. The first-order valence-electron chi connectivity index (χ1n) is 12.6. The summed E-state index contributed by atoms with van der Waals surface area (Å²) >= 11 is 0. The normalized spacial score (nSPS) is 19.6. The Hall–Kier alpha value is -2.92. The summed E-state index contributed by atoms with van der Waals surface area (Å²) in [5.41, 5.74) is -1.94. The Kier molecular flexibility index (Phi) is 7.26. The van der Waals surface area contributed by atoms with Gasteiger partial charge in [0.1, 0.15) is 0 Å². The van der Waals surface area contributed by atoms with E-state index in [-0.39, 0.29) is 13.1 Å². The molecule has 2 aliphatic rings. The number of sulfonamides is 1. The number of anilines is 1. The van der Waals surface area contributed by atoms with Crippen molar-refractivity contribution in [3.63, 3.8) is 0 Å². The third-order valence-corrected chi connectivity index (χ3v) is 9.08. The first-order valence-corrected chi connectivity index (χ1v) is 14.0. The minimum Gasteiger partial charge on any atom is -0.361 e. The molecule has 0 unspecified atom stereocenters. The molecule has 37 heavy (non-hydrogen) atoms. The standard InChI is InChI=1S/C26H30F3N5O2S/c27-26(28,29)37(35,36)33-16-22(11-10-19-5-1-2-6-19)34(15-21-14-31-18-32-21)25-9-3-8-23(24(25)17-33)20-7-4-12-30-13-20/h3-4,7-9,12-14,18-19,22H,1-2,5-6,10-11,15-17H2,(H,31,32)/t22-/m0/s1. The van der Waals surface area contributed by atoms with Gasteiger partial charge in [0.25, 0.3) is 0 Å². The molecule has 3 aromatic rings. The van der Waals surface area contributed by atoms with Crippen molar-refractivity contribution in [3.8, 4) is 11.1 Å². The smallest absolute Gasteiger partial charge is 0.361 e. The summed E-state index contributed by atoms with van der Waals surface area (Å²) in [6.07, 6.45) is 12.5. The second-order valence-corrected chi connectivity index (χ2v) is 11.8. The van der Waals surface area contributed by atoms with Crippen LogP contribution in [0.15, 0.2) is 55.2 Å². The Balaban J connectivity index is 1.63.